The molecule has 2 heterocycles. The molecule has 2 N–H and O–H groups in total. The van der Waals surface area contributed by atoms with Crippen LogP contribution in [0.1, 0.15) is 5.56 Å². The highest BCUT2D eigenvalue weighted by atomic mass is 79.9. The topological polar surface area (TPSA) is 77.8 Å². The van der Waals surface area contributed by atoms with E-state index in [-0.39, 0.29) is 0 Å². The third kappa shape index (κ3) is 2.71. The predicted molar refractivity (Wildman–Crippen MR) is 87.5 cm³/mol. The van der Waals surface area contributed by atoms with Crippen molar-refractivity contribution in [3.8, 4) is 23.0 Å². The zero-order valence-electron chi connectivity index (χ0n) is 11.0. The second kappa shape index (κ2) is 5.57. The number of hydrogen-bond acceptors (Lipinski definition) is 5. The van der Waals surface area contributed by atoms with Gasteiger partial charge in [-0.3, -0.25) is 4.98 Å². The fourth-order valence-electron chi connectivity index (χ4n) is 1.98. The van der Waals surface area contributed by atoms with Gasteiger partial charge in [-0.15, -0.1) is 0 Å². The Morgan fingerprint density at radius 3 is 2.76 bits per heavy atom. The van der Waals surface area contributed by atoms with Crippen molar-refractivity contribution < 1.29 is 4.52 Å². The number of hydrogen-bond donors (Lipinski definition) is 1. The Bertz CT molecular complexity index is 796. The van der Waals surface area contributed by atoms with Gasteiger partial charge in [0.05, 0.1) is 5.56 Å². The number of rotatable bonds is 2. The molecule has 0 saturated heterocycles. The highest BCUT2D eigenvalue weighted by Crippen LogP contribution is 2.31. The Morgan fingerprint density at radius 2 is 2.05 bits per heavy atom. The van der Waals surface area contributed by atoms with Crippen molar-refractivity contribution in [1.82, 2.24) is 15.1 Å². The summed E-state index contributed by atoms with van der Waals surface area (Å²) in [5.74, 6) is 0.796. The van der Waals surface area contributed by atoms with Crippen LogP contribution in [0.25, 0.3) is 23.0 Å². The number of pyridine rings is 1. The summed E-state index contributed by atoms with van der Waals surface area (Å²) < 4.78 is 6.98. The molecule has 0 spiro atoms. The Hall–Kier alpha value is -1.73. The summed E-state index contributed by atoms with van der Waals surface area (Å²) in [5.41, 5.74) is 8.94. The molecule has 0 atom stereocenters. The molecule has 0 fully saturated rings. The molecular formula is C14H10Br2N4O. The summed E-state index contributed by atoms with van der Waals surface area (Å²) in [5, 5.41) is 3.99. The molecule has 0 aliphatic heterocycles. The first-order valence-corrected chi connectivity index (χ1v) is 7.65. The SMILES string of the molecule is Cc1cccc(N)c1-c1nc(-c2ncc(Br)cc2Br)no1. The van der Waals surface area contributed by atoms with Crippen LogP contribution < -0.4 is 5.73 Å². The third-order valence-corrected chi connectivity index (χ3v) is 4.00. The number of anilines is 1. The molecule has 3 rings (SSSR count). The molecule has 106 valence electrons. The molecule has 2 aromatic heterocycles. The van der Waals surface area contributed by atoms with Crippen LogP contribution in [0.2, 0.25) is 0 Å². The Kier molecular flexibility index (Phi) is 3.77. The quantitative estimate of drug-likeness (QED) is 0.641. The number of halogens is 2. The minimum absolute atomic E-state index is 0.386. The lowest BCUT2D eigenvalue weighted by Crippen LogP contribution is -1.93. The lowest BCUT2D eigenvalue weighted by molar-refractivity contribution is 0.432. The highest BCUT2D eigenvalue weighted by Gasteiger charge is 2.17. The summed E-state index contributed by atoms with van der Waals surface area (Å²) in [6, 6.07) is 7.52. The van der Waals surface area contributed by atoms with Gasteiger partial charge in [0.1, 0.15) is 5.69 Å². The standard InChI is InChI=1S/C14H10Br2N4O/c1-7-3-2-4-10(17)11(7)14-19-13(20-21-14)12-9(16)5-8(15)6-18-12/h2-6H,17H2,1H3. The van der Waals surface area contributed by atoms with E-state index >= 15 is 0 Å². The molecule has 3 aromatic rings. The second-order valence-electron chi connectivity index (χ2n) is 4.45. The van der Waals surface area contributed by atoms with Gasteiger partial charge in [0.15, 0.2) is 0 Å². The number of benzene rings is 1. The minimum atomic E-state index is 0.386. The van der Waals surface area contributed by atoms with Gasteiger partial charge in [-0.25, -0.2) is 0 Å². The van der Waals surface area contributed by atoms with Crippen molar-refractivity contribution in [3.05, 3.63) is 45.0 Å². The van der Waals surface area contributed by atoms with Crippen molar-refractivity contribution in [2.75, 3.05) is 5.73 Å². The molecule has 1 aromatic carbocycles. The number of nitrogens with zero attached hydrogens (tertiary/aromatic N) is 3. The van der Waals surface area contributed by atoms with Gasteiger partial charge >= 0.3 is 0 Å². The average Bonchev–Trinajstić information content (AvgIpc) is 2.87. The monoisotopic (exact) mass is 408 g/mol. The first-order chi connectivity index (χ1) is 10.1. The normalized spacial score (nSPS) is 10.8. The van der Waals surface area contributed by atoms with Crippen LogP contribution >= 0.6 is 31.9 Å². The summed E-state index contributed by atoms with van der Waals surface area (Å²) in [7, 11) is 0. The summed E-state index contributed by atoms with van der Waals surface area (Å²) >= 11 is 6.80. The van der Waals surface area contributed by atoms with Crippen LogP contribution in [-0.4, -0.2) is 15.1 Å². The van der Waals surface area contributed by atoms with Crippen molar-refractivity contribution in [3.63, 3.8) is 0 Å². The summed E-state index contributed by atoms with van der Waals surface area (Å²) in [4.78, 5) is 8.69. The van der Waals surface area contributed by atoms with Gasteiger partial charge in [0.2, 0.25) is 5.82 Å². The number of nitrogens with two attached hydrogens (primary N) is 1. The maximum absolute atomic E-state index is 5.99. The minimum Gasteiger partial charge on any atom is -0.398 e. The van der Waals surface area contributed by atoms with Crippen LogP contribution in [-0.2, 0) is 0 Å². The van der Waals surface area contributed by atoms with Gasteiger partial charge in [-0.1, -0.05) is 17.3 Å². The van der Waals surface area contributed by atoms with Crippen LogP contribution in [0.3, 0.4) is 0 Å². The van der Waals surface area contributed by atoms with Crippen molar-refractivity contribution in [1.29, 1.82) is 0 Å². The van der Waals surface area contributed by atoms with Crippen LogP contribution in [0.15, 0.2) is 43.9 Å². The fourth-order valence-corrected chi connectivity index (χ4v) is 3.15. The molecule has 0 radical (unpaired) electrons. The molecule has 0 amide bonds. The van der Waals surface area contributed by atoms with E-state index in [0.29, 0.717) is 23.1 Å². The van der Waals surface area contributed by atoms with E-state index in [1.807, 2.05) is 25.1 Å². The molecule has 0 bridgehead atoms. The van der Waals surface area contributed by atoms with Crippen molar-refractivity contribution in [2.45, 2.75) is 6.92 Å². The van der Waals surface area contributed by atoms with Gasteiger partial charge in [-0.05, 0) is 56.5 Å². The van der Waals surface area contributed by atoms with Crippen molar-refractivity contribution >= 4 is 37.5 Å². The van der Waals surface area contributed by atoms with Gasteiger partial charge < -0.3 is 10.3 Å². The lowest BCUT2D eigenvalue weighted by atomic mass is 10.1. The maximum Gasteiger partial charge on any atom is 0.260 e. The van der Waals surface area contributed by atoms with Gasteiger partial charge in [-0.2, -0.15) is 4.98 Å². The van der Waals surface area contributed by atoms with Gasteiger partial charge in [0.25, 0.3) is 5.89 Å². The number of nitrogen functional groups attached to an aromatic ring is 1. The van der Waals surface area contributed by atoms with E-state index < -0.39 is 0 Å². The zero-order chi connectivity index (χ0) is 15.0. The smallest absolute Gasteiger partial charge is 0.260 e. The first-order valence-electron chi connectivity index (χ1n) is 6.07. The largest absolute Gasteiger partial charge is 0.398 e. The van der Waals surface area contributed by atoms with E-state index in [0.717, 1.165) is 20.1 Å². The summed E-state index contributed by atoms with van der Waals surface area (Å²) in [6.07, 6.45) is 1.68. The maximum atomic E-state index is 5.99. The number of aryl methyl sites for hydroxylation is 1. The average molecular weight is 410 g/mol. The van der Waals surface area contributed by atoms with E-state index in [2.05, 4.69) is 47.0 Å². The fraction of sp³-hybridized carbons (Fsp3) is 0.0714. The molecule has 7 heteroatoms. The van der Waals surface area contributed by atoms with Crippen molar-refractivity contribution in [2.24, 2.45) is 0 Å². The Balaban J connectivity index is 2.08. The molecule has 0 saturated carbocycles. The van der Waals surface area contributed by atoms with E-state index in [1.54, 1.807) is 12.3 Å². The molecule has 0 aliphatic rings. The molecule has 0 unspecified atom stereocenters. The van der Waals surface area contributed by atoms with Crippen LogP contribution in [0.5, 0.6) is 0 Å². The highest BCUT2D eigenvalue weighted by molar-refractivity contribution is 9.11. The third-order valence-electron chi connectivity index (χ3n) is 2.96. The van der Waals surface area contributed by atoms with Gasteiger partial charge in [0, 0.05) is 20.8 Å². The Labute approximate surface area is 137 Å². The van der Waals surface area contributed by atoms with Crippen LogP contribution in [0.4, 0.5) is 5.69 Å². The van der Waals surface area contributed by atoms with E-state index in [9.17, 15) is 0 Å². The zero-order valence-corrected chi connectivity index (χ0v) is 14.1. The van der Waals surface area contributed by atoms with E-state index in [1.165, 1.54) is 0 Å². The predicted octanol–water partition coefficient (Wildman–Crippen LogP) is 4.21. The summed E-state index contributed by atoms with van der Waals surface area (Å²) in [6.45, 7) is 1.95. The second-order valence-corrected chi connectivity index (χ2v) is 6.22. The van der Waals surface area contributed by atoms with E-state index in [4.69, 9.17) is 10.3 Å². The Morgan fingerprint density at radius 1 is 1.24 bits per heavy atom. The van der Waals surface area contributed by atoms with Crippen LogP contribution in [0, 0.1) is 6.92 Å². The lowest BCUT2D eigenvalue weighted by Gasteiger charge is -2.03. The molecular weight excluding hydrogens is 400 g/mol. The molecule has 5 nitrogen and oxygen atoms in total. The first kappa shape index (κ1) is 14.2. The number of aromatic nitrogens is 3. The molecule has 21 heavy (non-hydrogen) atoms. The molecule has 0 aliphatic carbocycles.